The SMILES string of the molecule is CN1C(=O)C2(C[C@](C)(Cc3ccccc3)Oc3ccc(-c4cncc(Cl)c4)cc32)N=C1N. The Morgan fingerprint density at radius 3 is 2.59 bits per heavy atom. The van der Waals surface area contributed by atoms with Crippen molar-refractivity contribution in [3.63, 3.8) is 0 Å². The number of carbonyl (C=O) groups is 1. The molecule has 3 heterocycles. The lowest BCUT2D eigenvalue weighted by atomic mass is 9.74. The van der Waals surface area contributed by atoms with Crippen molar-refractivity contribution < 1.29 is 9.53 Å². The largest absolute Gasteiger partial charge is 0.487 e. The second-order valence-corrected chi connectivity index (χ2v) is 9.12. The molecule has 2 aliphatic rings. The van der Waals surface area contributed by atoms with Gasteiger partial charge in [0.1, 0.15) is 11.4 Å². The molecule has 32 heavy (non-hydrogen) atoms. The third-order valence-corrected chi connectivity index (χ3v) is 6.38. The van der Waals surface area contributed by atoms with Crippen LogP contribution in [0.4, 0.5) is 0 Å². The summed E-state index contributed by atoms with van der Waals surface area (Å²) in [5, 5.41) is 0.542. The van der Waals surface area contributed by atoms with Crippen molar-refractivity contribution in [1.29, 1.82) is 0 Å². The number of hydrogen-bond acceptors (Lipinski definition) is 5. The van der Waals surface area contributed by atoms with Crippen LogP contribution in [0.3, 0.4) is 0 Å². The van der Waals surface area contributed by atoms with Crippen molar-refractivity contribution in [2.45, 2.75) is 30.9 Å². The van der Waals surface area contributed by atoms with Crippen LogP contribution in [0.2, 0.25) is 5.02 Å². The van der Waals surface area contributed by atoms with Crippen molar-refractivity contribution >= 4 is 23.5 Å². The second-order valence-electron chi connectivity index (χ2n) is 8.69. The summed E-state index contributed by atoms with van der Waals surface area (Å²) >= 11 is 6.15. The highest BCUT2D eigenvalue weighted by molar-refractivity contribution is 6.30. The van der Waals surface area contributed by atoms with Crippen LogP contribution in [-0.4, -0.2) is 34.4 Å². The molecule has 0 radical (unpaired) electrons. The van der Waals surface area contributed by atoms with Crippen molar-refractivity contribution in [3.8, 4) is 16.9 Å². The number of fused-ring (bicyclic) bond motifs is 2. The molecule has 1 aromatic heterocycles. The first-order chi connectivity index (χ1) is 15.3. The second kappa shape index (κ2) is 7.35. The van der Waals surface area contributed by atoms with Crippen LogP contribution in [0.5, 0.6) is 5.75 Å². The van der Waals surface area contributed by atoms with Gasteiger partial charge in [0.15, 0.2) is 11.5 Å². The van der Waals surface area contributed by atoms with E-state index in [1.165, 1.54) is 4.90 Å². The molecule has 7 heteroatoms. The monoisotopic (exact) mass is 446 g/mol. The Hall–Kier alpha value is -3.38. The van der Waals surface area contributed by atoms with Crippen LogP contribution in [0.15, 0.2) is 72.0 Å². The Balaban J connectivity index is 1.65. The molecule has 2 aliphatic heterocycles. The number of aliphatic imine (C=N–C) groups is 1. The van der Waals surface area contributed by atoms with E-state index in [2.05, 4.69) is 17.1 Å². The number of nitrogens with zero attached hydrogens (tertiary/aromatic N) is 3. The fourth-order valence-corrected chi connectivity index (χ4v) is 4.92. The van der Waals surface area contributed by atoms with Crippen molar-refractivity contribution in [3.05, 3.63) is 83.1 Å². The maximum Gasteiger partial charge on any atom is 0.261 e. The maximum atomic E-state index is 13.5. The summed E-state index contributed by atoms with van der Waals surface area (Å²) < 4.78 is 6.52. The minimum Gasteiger partial charge on any atom is -0.487 e. The number of aromatic nitrogens is 1. The molecule has 1 spiro atoms. The van der Waals surface area contributed by atoms with Gasteiger partial charge in [0.05, 0.1) is 5.02 Å². The molecule has 3 aromatic rings. The van der Waals surface area contributed by atoms with E-state index in [9.17, 15) is 4.79 Å². The number of ether oxygens (including phenoxy) is 1. The van der Waals surface area contributed by atoms with Gasteiger partial charge in [-0.15, -0.1) is 0 Å². The Bertz CT molecular complexity index is 1250. The molecule has 0 aliphatic carbocycles. The number of likely N-dealkylation sites (N-methyl/N-ethyl adjacent to an activating group) is 1. The molecule has 1 amide bonds. The van der Waals surface area contributed by atoms with Crippen LogP contribution in [0, 0.1) is 0 Å². The van der Waals surface area contributed by atoms with Gasteiger partial charge in [-0.25, -0.2) is 4.99 Å². The van der Waals surface area contributed by atoms with Crippen LogP contribution in [0.1, 0.15) is 24.5 Å². The summed E-state index contributed by atoms with van der Waals surface area (Å²) in [4.78, 5) is 23.9. The number of carbonyl (C=O) groups excluding carboxylic acids is 1. The minimum atomic E-state index is -1.14. The van der Waals surface area contributed by atoms with Gasteiger partial charge in [0.2, 0.25) is 0 Å². The number of hydrogen-bond donors (Lipinski definition) is 1. The molecule has 6 nitrogen and oxygen atoms in total. The van der Waals surface area contributed by atoms with Crippen molar-refractivity contribution in [2.75, 3.05) is 7.05 Å². The fourth-order valence-electron chi connectivity index (χ4n) is 4.75. The Morgan fingerprint density at radius 1 is 1.12 bits per heavy atom. The van der Waals surface area contributed by atoms with Gasteiger partial charge in [-0.3, -0.25) is 14.7 Å². The zero-order valence-corrected chi connectivity index (χ0v) is 18.6. The highest BCUT2D eigenvalue weighted by atomic mass is 35.5. The van der Waals surface area contributed by atoms with Gasteiger partial charge in [0, 0.05) is 43.4 Å². The molecule has 0 bridgehead atoms. The first-order valence-electron chi connectivity index (χ1n) is 10.4. The van der Waals surface area contributed by atoms with E-state index in [0.29, 0.717) is 29.2 Å². The summed E-state index contributed by atoms with van der Waals surface area (Å²) in [6, 6.07) is 17.7. The minimum absolute atomic E-state index is 0.153. The highest BCUT2D eigenvalue weighted by Gasteiger charge is 2.56. The normalized spacial score (nSPS) is 24.3. The molecule has 1 unspecified atom stereocenters. The van der Waals surface area contributed by atoms with Gasteiger partial charge in [-0.05, 0) is 36.2 Å². The summed E-state index contributed by atoms with van der Waals surface area (Å²) in [5.74, 6) is 0.688. The number of pyridine rings is 1. The lowest BCUT2D eigenvalue weighted by molar-refractivity contribution is -0.133. The van der Waals surface area contributed by atoms with Gasteiger partial charge in [-0.1, -0.05) is 48.0 Å². The molecule has 162 valence electrons. The average Bonchev–Trinajstić information content (AvgIpc) is 2.97. The van der Waals surface area contributed by atoms with Crippen LogP contribution < -0.4 is 10.5 Å². The van der Waals surface area contributed by atoms with Gasteiger partial charge >= 0.3 is 0 Å². The molecule has 0 saturated carbocycles. The first kappa shape index (κ1) is 20.5. The van der Waals surface area contributed by atoms with E-state index in [4.69, 9.17) is 27.1 Å². The standard InChI is InChI=1S/C25H23ClN4O2/c1-24(12-16-6-4-3-5-7-16)15-25(22(31)30(2)23(27)29-25)20-11-17(8-9-21(20)32-24)18-10-19(26)14-28-13-18/h3-11,13-14H,12,15H2,1-2H3,(H2,27,29)/t24-,25?/m0/s1. The lowest BCUT2D eigenvalue weighted by Gasteiger charge is -2.43. The number of benzene rings is 2. The number of nitrogens with two attached hydrogens (primary N) is 1. The number of guanidine groups is 1. The smallest absolute Gasteiger partial charge is 0.261 e. The highest BCUT2D eigenvalue weighted by Crippen LogP contribution is 2.50. The Kier molecular flexibility index (Phi) is 4.71. The van der Waals surface area contributed by atoms with E-state index >= 15 is 0 Å². The van der Waals surface area contributed by atoms with Crippen LogP contribution in [-0.2, 0) is 16.8 Å². The summed E-state index contributed by atoms with van der Waals surface area (Å²) in [5.41, 5.74) is 7.91. The first-order valence-corrected chi connectivity index (χ1v) is 10.8. The molecule has 2 aromatic carbocycles. The quantitative estimate of drug-likeness (QED) is 0.654. The van der Waals surface area contributed by atoms with Gasteiger partial charge < -0.3 is 10.5 Å². The van der Waals surface area contributed by atoms with Gasteiger partial charge in [-0.2, -0.15) is 0 Å². The van der Waals surface area contributed by atoms with Gasteiger partial charge in [0.25, 0.3) is 5.91 Å². The van der Waals surface area contributed by atoms with E-state index in [0.717, 1.165) is 16.7 Å². The third-order valence-electron chi connectivity index (χ3n) is 6.18. The molecular weight excluding hydrogens is 424 g/mol. The number of amides is 1. The molecule has 2 atom stereocenters. The fraction of sp³-hybridized carbons (Fsp3) is 0.240. The van der Waals surface area contributed by atoms with Crippen LogP contribution in [0.25, 0.3) is 11.1 Å². The summed E-state index contributed by atoms with van der Waals surface area (Å²) in [6.45, 7) is 2.02. The Labute approximate surface area is 191 Å². The average molecular weight is 447 g/mol. The molecule has 0 saturated heterocycles. The maximum absolute atomic E-state index is 13.5. The molecule has 0 fully saturated rings. The lowest BCUT2D eigenvalue weighted by Crippen LogP contribution is -2.51. The molecular formula is C25H23ClN4O2. The Morgan fingerprint density at radius 2 is 1.91 bits per heavy atom. The molecule has 5 rings (SSSR count). The van der Waals surface area contributed by atoms with Crippen molar-refractivity contribution in [2.24, 2.45) is 10.7 Å². The number of halogens is 1. The predicted octanol–water partition coefficient (Wildman–Crippen LogP) is 4.17. The molecule has 2 N–H and O–H groups in total. The summed E-state index contributed by atoms with van der Waals surface area (Å²) in [7, 11) is 1.66. The third kappa shape index (κ3) is 3.31. The van der Waals surface area contributed by atoms with Crippen LogP contribution >= 0.6 is 11.6 Å². The van der Waals surface area contributed by atoms with E-state index < -0.39 is 11.1 Å². The predicted molar refractivity (Wildman–Crippen MR) is 125 cm³/mol. The topological polar surface area (TPSA) is 80.8 Å². The van der Waals surface area contributed by atoms with E-state index in [1.807, 2.05) is 49.4 Å². The van der Waals surface area contributed by atoms with Crippen molar-refractivity contribution in [1.82, 2.24) is 9.88 Å². The zero-order valence-electron chi connectivity index (χ0n) is 17.9. The van der Waals surface area contributed by atoms with E-state index in [1.54, 1.807) is 19.4 Å². The number of rotatable bonds is 3. The summed E-state index contributed by atoms with van der Waals surface area (Å²) in [6.07, 6.45) is 4.34. The van der Waals surface area contributed by atoms with E-state index in [-0.39, 0.29) is 11.9 Å². The zero-order chi connectivity index (χ0) is 22.5.